The van der Waals surface area contributed by atoms with Gasteiger partial charge in [-0.1, -0.05) is 6.07 Å². The molecule has 0 saturated carbocycles. The normalized spacial score (nSPS) is 10.2. The van der Waals surface area contributed by atoms with E-state index in [9.17, 15) is 4.79 Å². The Bertz CT molecular complexity index is 355. The number of nitrogens with two attached hydrogens (primary N) is 1. The number of rotatable bonds is 7. The van der Waals surface area contributed by atoms with E-state index in [-0.39, 0.29) is 12.5 Å². The van der Waals surface area contributed by atoms with Gasteiger partial charge in [-0.25, -0.2) is 0 Å². The zero-order valence-corrected chi connectivity index (χ0v) is 9.69. The van der Waals surface area contributed by atoms with Gasteiger partial charge in [-0.3, -0.25) is 4.79 Å². The van der Waals surface area contributed by atoms with Gasteiger partial charge in [0.2, 0.25) is 5.91 Å². The molecule has 17 heavy (non-hydrogen) atoms. The predicted octanol–water partition coefficient (Wildman–Crippen LogP) is 0.996. The Morgan fingerprint density at radius 2 is 2.24 bits per heavy atom. The van der Waals surface area contributed by atoms with Gasteiger partial charge in [0.15, 0.2) is 0 Å². The van der Waals surface area contributed by atoms with Crippen molar-refractivity contribution in [3.8, 4) is 0 Å². The number of nitrogens with one attached hydrogen (secondary N) is 1. The van der Waals surface area contributed by atoms with Crippen LogP contribution in [0.25, 0.3) is 0 Å². The SMILES string of the molecule is Nc1cccc(NC(=O)CCCOCCO)c1. The lowest BCUT2D eigenvalue weighted by molar-refractivity contribution is -0.116. The molecule has 4 N–H and O–H groups in total. The number of anilines is 2. The Kier molecular flexibility index (Phi) is 6.06. The fraction of sp³-hybridized carbons (Fsp3) is 0.417. The first kappa shape index (κ1) is 13.5. The summed E-state index contributed by atoms with van der Waals surface area (Å²) in [6.07, 6.45) is 1.02. The lowest BCUT2D eigenvalue weighted by atomic mass is 10.2. The van der Waals surface area contributed by atoms with Gasteiger partial charge in [-0.15, -0.1) is 0 Å². The third-order valence-electron chi connectivity index (χ3n) is 2.10. The summed E-state index contributed by atoms with van der Waals surface area (Å²) in [7, 11) is 0. The average molecular weight is 238 g/mol. The number of carbonyl (C=O) groups excluding carboxylic acids is 1. The van der Waals surface area contributed by atoms with Crippen molar-refractivity contribution in [1.82, 2.24) is 0 Å². The Morgan fingerprint density at radius 1 is 1.41 bits per heavy atom. The van der Waals surface area contributed by atoms with Crippen LogP contribution >= 0.6 is 0 Å². The van der Waals surface area contributed by atoms with E-state index in [0.717, 1.165) is 0 Å². The first-order valence-corrected chi connectivity index (χ1v) is 5.56. The highest BCUT2D eigenvalue weighted by Gasteiger charge is 2.02. The van der Waals surface area contributed by atoms with E-state index in [4.69, 9.17) is 15.6 Å². The maximum Gasteiger partial charge on any atom is 0.224 e. The van der Waals surface area contributed by atoms with Crippen molar-refractivity contribution < 1.29 is 14.6 Å². The van der Waals surface area contributed by atoms with Crippen molar-refractivity contribution in [2.24, 2.45) is 0 Å². The van der Waals surface area contributed by atoms with Gasteiger partial charge in [-0.2, -0.15) is 0 Å². The summed E-state index contributed by atoms with van der Waals surface area (Å²) < 4.78 is 5.05. The number of nitrogen functional groups attached to an aromatic ring is 1. The largest absolute Gasteiger partial charge is 0.399 e. The van der Waals surface area contributed by atoms with E-state index in [2.05, 4.69) is 5.32 Å². The van der Waals surface area contributed by atoms with Crippen LogP contribution in [-0.4, -0.2) is 30.8 Å². The second-order valence-electron chi connectivity index (χ2n) is 3.61. The van der Waals surface area contributed by atoms with Crippen molar-refractivity contribution in [2.45, 2.75) is 12.8 Å². The molecule has 0 saturated heterocycles. The Morgan fingerprint density at radius 3 is 2.94 bits per heavy atom. The summed E-state index contributed by atoms with van der Waals surface area (Å²) in [5.74, 6) is -0.0665. The second-order valence-corrected chi connectivity index (χ2v) is 3.61. The smallest absolute Gasteiger partial charge is 0.224 e. The fourth-order valence-corrected chi connectivity index (χ4v) is 1.34. The number of benzene rings is 1. The standard InChI is InChI=1S/C12H18N2O3/c13-10-3-1-4-11(9-10)14-12(16)5-2-7-17-8-6-15/h1,3-4,9,15H,2,5-8,13H2,(H,14,16). The first-order chi connectivity index (χ1) is 8.22. The van der Waals surface area contributed by atoms with E-state index in [1.807, 2.05) is 0 Å². The average Bonchev–Trinajstić information content (AvgIpc) is 2.29. The van der Waals surface area contributed by atoms with E-state index < -0.39 is 0 Å². The van der Waals surface area contributed by atoms with Crippen molar-refractivity contribution >= 4 is 17.3 Å². The molecule has 0 radical (unpaired) electrons. The summed E-state index contributed by atoms with van der Waals surface area (Å²) in [6, 6.07) is 7.05. The Balaban J connectivity index is 2.21. The summed E-state index contributed by atoms with van der Waals surface area (Å²) >= 11 is 0. The number of hydrogen-bond acceptors (Lipinski definition) is 4. The topological polar surface area (TPSA) is 84.6 Å². The summed E-state index contributed by atoms with van der Waals surface area (Å²) in [4.78, 5) is 11.5. The van der Waals surface area contributed by atoms with Crippen LogP contribution in [0, 0.1) is 0 Å². The highest BCUT2D eigenvalue weighted by molar-refractivity contribution is 5.91. The van der Waals surface area contributed by atoms with Gasteiger partial charge in [0, 0.05) is 24.4 Å². The number of amides is 1. The van der Waals surface area contributed by atoms with Gasteiger partial charge in [0.25, 0.3) is 0 Å². The molecule has 1 aromatic carbocycles. The van der Waals surface area contributed by atoms with Crippen LogP contribution in [0.3, 0.4) is 0 Å². The molecule has 0 unspecified atom stereocenters. The van der Waals surface area contributed by atoms with Crippen LogP contribution in [0.2, 0.25) is 0 Å². The number of aliphatic hydroxyl groups excluding tert-OH is 1. The van der Waals surface area contributed by atoms with Crippen LogP contribution in [0.15, 0.2) is 24.3 Å². The molecule has 1 amide bonds. The van der Waals surface area contributed by atoms with Crippen LogP contribution in [0.5, 0.6) is 0 Å². The minimum atomic E-state index is -0.0665. The molecule has 0 spiro atoms. The summed E-state index contributed by atoms with van der Waals surface area (Å²) in [5, 5.41) is 11.2. The molecule has 0 heterocycles. The number of ether oxygens (including phenoxy) is 1. The molecular formula is C12H18N2O3. The second kappa shape index (κ2) is 7.65. The monoisotopic (exact) mass is 238 g/mol. The van der Waals surface area contributed by atoms with Gasteiger partial charge in [-0.05, 0) is 24.6 Å². The zero-order valence-electron chi connectivity index (χ0n) is 9.69. The highest BCUT2D eigenvalue weighted by atomic mass is 16.5. The third-order valence-corrected chi connectivity index (χ3v) is 2.10. The molecule has 0 aromatic heterocycles. The fourth-order valence-electron chi connectivity index (χ4n) is 1.34. The third kappa shape index (κ3) is 5.89. The molecule has 0 fully saturated rings. The summed E-state index contributed by atoms with van der Waals surface area (Å²) in [6.45, 7) is 0.803. The van der Waals surface area contributed by atoms with Crippen molar-refractivity contribution in [2.75, 3.05) is 30.9 Å². The molecule has 5 heteroatoms. The zero-order chi connectivity index (χ0) is 12.5. The number of carbonyl (C=O) groups is 1. The van der Waals surface area contributed by atoms with Gasteiger partial charge < -0.3 is 20.9 Å². The molecule has 0 aliphatic carbocycles. The lowest BCUT2D eigenvalue weighted by Crippen LogP contribution is -2.12. The summed E-state index contributed by atoms with van der Waals surface area (Å²) in [5.41, 5.74) is 6.91. The molecular weight excluding hydrogens is 220 g/mol. The number of aliphatic hydroxyl groups is 1. The molecule has 5 nitrogen and oxygen atoms in total. The van der Waals surface area contributed by atoms with Crippen molar-refractivity contribution in [3.63, 3.8) is 0 Å². The van der Waals surface area contributed by atoms with Crippen LogP contribution in [0.4, 0.5) is 11.4 Å². The quantitative estimate of drug-likeness (QED) is 0.488. The number of hydrogen-bond donors (Lipinski definition) is 3. The lowest BCUT2D eigenvalue weighted by Gasteiger charge is -2.06. The van der Waals surface area contributed by atoms with Gasteiger partial charge in [0.1, 0.15) is 0 Å². The molecule has 0 aliphatic rings. The minimum Gasteiger partial charge on any atom is -0.399 e. The molecule has 0 aliphatic heterocycles. The molecule has 0 bridgehead atoms. The molecule has 0 atom stereocenters. The van der Waals surface area contributed by atoms with Crippen LogP contribution in [0.1, 0.15) is 12.8 Å². The minimum absolute atomic E-state index is 0.00941. The van der Waals surface area contributed by atoms with Gasteiger partial charge >= 0.3 is 0 Å². The highest BCUT2D eigenvalue weighted by Crippen LogP contribution is 2.12. The Labute approximate surface area is 101 Å². The van der Waals surface area contributed by atoms with Crippen molar-refractivity contribution in [3.05, 3.63) is 24.3 Å². The van der Waals surface area contributed by atoms with E-state index in [1.54, 1.807) is 24.3 Å². The van der Waals surface area contributed by atoms with Gasteiger partial charge in [0.05, 0.1) is 13.2 Å². The first-order valence-electron chi connectivity index (χ1n) is 5.56. The maximum atomic E-state index is 11.5. The predicted molar refractivity (Wildman–Crippen MR) is 66.6 cm³/mol. The van der Waals surface area contributed by atoms with E-state index in [1.165, 1.54) is 0 Å². The van der Waals surface area contributed by atoms with Crippen molar-refractivity contribution in [1.29, 1.82) is 0 Å². The molecule has 94 valence electrons. The van der Waals surface area contributed by atoms with Crippen LogP contribution in [-0.2, 0) is 9.53 Å². The van der Waals surface area contributed by atoms with Crippen LogP contribution < -0.4 is 11.1 Å². The molecule has 1 aromatic rings. The Hall–Kier alpha value is -1.59. The van der Waals surface area contributed by atoms with E-state index >= 15 is 0 Å². The maximum absolute atomic E-state index is 11.5. The van der Waals surface area contributed by atoms with E-state index in [0.29, 0.717) is 37.4 Å². The molecule has 1 rings (SSSR count).